The van der Waals surface area contributed by atoms with Crippen molar-refractivity contribution in [3.63, 3.8) is 0 Å². The molecule has 0 aromatic carbocycles. The molecule has 0 aromatic rings. The summed E-state index contributed by atoms with van der Waals surface area (Å²) in [6.07, 6.45) is -0.505. The molecule has 3 atom stereocenters. The summed E-state index contributed by atoms with van der Waals surface area (Å²) in [7, 11) is 0. The molecule has 1 N–H and O–H groups in total. The van der Waals surface area contributed by atoms with Gasteiger partial charge >= 0.3 is 0 Å². The maximum atomic E-state index is 12.9. The lowest BCUT2D eigenvalue weighted by Crippen LogP contribution is -2.40. The van der Waals surface area contributed by atoms with E-state index < -0.39 is 16.9 Å². The molecule has 0 radical (unpaired) electrons. The number of carbonyl (C=O) groups excluding carboxylic acids is 1. The highest BCUT2D eigenvalue weighted by Gasteiger charge is 2.46. The van der Waals surface area contributed by atoms with Crippen LogP contribution >= 0.6 is 0 Å². The first-order valence-corrected chi connectivity index (χ1v) is 8.39. The first kappa shape index (κ1) is 18.1. The van der Waals surface area contributed by atoms with Crippen molar-refractivity contribution >= 4 is 5.78 Å². The minimum absolute atomic E-state index is 0.0310. The second kappa shape index (κ2) is 5.66. The van der Waals surface area contributed by atoms with E-state index in [1.165, 1.54) is 0 Å². The van der Waals surface area contributed by atoms with Crippen LogP contribution in [0.25, 0.3) is 0 Å². The van der Waals surface area contributed by atoms with Gasteiger partial charge in [-0.15, -0.1) is 0 Å². The lowest BCUT2D eigenvalue weighted by atomic mass is 9.71. The second-order valence-electron chi connectivity index (χ2n) is 8.81. The number of fused-ring (bicyclic) bond motifs is 1. The molecule has 0 saturated carbocycles. The Hall–Kier alpha value is -1.29. The molecule has 4 nitrogen and oxygen atoms in total. The molecule has 0 aromatic heterocycles. The van der Waals surface area contributed by atoms with E-state index in [9.17, 15) is 9.90 Å². The number of hydrogen-bond donors (Lipinski definition) is 1. The van der Waals surface area contributed by atoms with Gasteiger partial charge in [-0.05, 0) is 24.7 Å². The lowest BCUT2D eigenvalue weighted by Gasteiger charge is -2.37. The van der Waals surface area contributed by atoms with Crippen LogP contribution in [-0.2, 0) is 14.3 Å². The van der Waals surface area contributed by atoms with Gasteiger partial charge in [0.1, 0.15) is 6.10 Å². The van der Waals surface area contributed by atoms with Gasteiger partial charge in [-0.25, -0.2) is 0 Å². The molecule has 1 unspecified atom stereocenters. The molecule has 1 aliphatic carbocycles. The van der Waals surface area contributed by atoms with Crippen LogP contribution < -0.4 is 0 Å². The summed E-state index contributed by atoms with van der Waals surface area (Å²) < 4.78 is 12.3. The zero-order valence-electron chi connectivity index (χ0n) is 15.6. The summed E-state index contributed by atoms with van der Waals surface area (Å²) in [6, 6.07) is 0. The summed E-state index contributed by atoms with van der Waals surface area (Å²) in [5.41, 5.74) is 0.314. The van der Waals surface area contributed by atoms with Crippen LogP contribution in [0.4, 0.5) is 0 Å². The number of ketones is 1. The van der Waals surface area contributed by atoms with Gasteiger partial charge < -0.3 is 14.6 Å². The minimum atomic E-state index is -1.17. The molecule has 130 valence electrons. The molecule has 1 heterocycles. The van der Waals surface area contributed by atoms with E-state index in [0.29, 0.717) is 22.7 Å². The molecule has 0 amide bonds. The van der Waals surface area contributed by atoms with Crippen LogP contribution in [-0.4, -0.2) is 29.2 Å². The molecule has 0 spiro atoms. The van der Waals surface area contributed by atoms with Gasteiger partial charge in [-0.2, -0.15) is 0 Å². The Kier molecular flexibility index (Phi) is 4.44. The summed E-state index contributed by atoms with van der Waals surface area (Å²) in [4.78, 5) is 12.9. The van der Waals surface area contributed by atoms with Crippen LogP contribution in [0.2, 0.25) is 0 Å². The quantitative estimate of drug-likeness (QED) is 0.738. The molecular formula is C19H30O4. The van der Waals surface area contributed by atoms with Crippen molar-refractivity contribution in [1.29, 1.82) is 0 Å². The third kappa shape index (κ3) is 3.32. The third-order valence-electron chi connectivity index (χ3n) is 4.31. The van der Waals surface area contributed by atoms with Crippen LogP contribution in [0, 0.1) is 10.8 Å². The number of carbonyl (C=O) groups is 1. The van der Waals surface area contributed by atoms with E-state index in [1.54, 1.807) is 0 Å². The summed E-state index contributed by atoms with van der Waals surface area (Å²) >= 11 is 0. The highest BCUT2D eigenvalue weighted by Crippen LogP contribution is 2.46. The SMILES string of the molecule is C[C@@H]1C[C@@H](C)OC2=C(C(C)(C)C)C(O)C(=O)C(C(C)(C)C)=C2O1. The normalized spacial score (nSPS) is 29.8. The average Bonchev–Trinajstić information content (AvgIpc) is 2.44. The Morgan fingerprint density at radius 2 is 1.39 bits per heavy atom. The first-order valence-electron chi connectivity index (χ1n) is 8.39. The molecule has 1 saturated heterocycles. The highest BCUT2D eigenvalue weighted by molar-refractivity contribution is 6.04. The van der Waals surface area contributed by atoms with E-state index >= 15 is 0 Å². The molecule has 4 heteroatoms. The topological polar surface area (TPSA) is 55.8 Å². The van der Waals surface area contributed by atoms with E-state index in [-0.39, 0.29) is 18.0 Å². The fourth-order valence-corrected chi connectivity index (χ4v) is 3.40. The highest BCUT2D eigenvalue weighted by atomic mass is 16.6. The molecule has 2 aliphatic rings. The van der Waals surface area contributed by atoms with Crippen molar-refractivity contribution in [2.45, 2.75) is 80.1 Å². The molecule has 1 aliphatic heterocycles. The summed E-state index contributed by atoms with van der Waals surface area (Å²) in [5, 5.41) is 10.7. The Labute approximate surface area is 139 Å². The van der Waals surface area contributed by atoms with Crippen molar-refractivity contribution < 1.29 is 19.4 Å². The average molecular weight is 322 g/mol. The van der Waals surface area contributed by atoms with Crippen molar-refractivity contribution in [3.8, 4) is 0 Å². The standard InChI is InChI=1S/C19H30O4/c1-10-9-11(2)23-17-13(19(6,7)8)15(21)14(20)12(16(17)22-10)18(3,4)5/h10-11,14,20H,9H2,1-8H3/t10-,11-,14?/m1/s1. The van der Waals surface area contributed by atoms with Crippen molar-refractivity contribution in [2.75, 3.05) is 0 Å². The Bertz CT molecular complexity index is 569. The maximum absolute atomic E-state index is 12.9. The molecule has 0 bridgehead atoms. The predicted octanol–water partition coefficient (Wildman–Crippen LogP) is 3.74. The number of Topliss-reactive ketones (excluding diaryl/α,β-unsaturated/α-hetero) is 1. The number of aliphatic hydroxyl groups excluding tert-OH is 1. The first-order chi connectivity index (χ1) is 10.3. The third-order valence-corrected chi connectivity index (χ3v) is 4.31. The zero-order chi connectivity index (χ0) is 17.7. The summed E-state index contributed by atoms with van der Waals surface area (Å²) in [6.45, 7) is 15.8. The Morgan fingerprint density at radius 1 is 0.913 bits per heavy atom. The molecule has 2 rings (SSSR count). The smallest absolute Gasteiger partial charge is 0.196 e. The van der Waals surface area contributed by atoms with E-state index in [2.05, 4.69) is 0 Å². The van der Waals surface area contributed by atoms with E-state index in [1.807, 2.05) is 55.4 Å². The summed E-state index contributed by atoms with van der Waals surface area (Å²) in [5.74, 6) is 0.812. The maximum Gasteiger partial charge on any atom is 0.196 e. The van der Waals surface area contributed by atoms with Crippen LogP contribution in [0.3, 0.4) is 0 Å². The molecular weight excluding hydrogens is 292 g/mol. The minimum Gasteiger partial charge on any atom is -0.487 e. The number of rotatable bonds is 0. The van der Waals surface area contributed by atoms with E-state index in [4.69, 9.17) is 9.47 Å². The van der Waals surface area contributed by atoms with Gasteiger partial charge in [0.05, 0.1) is 12.2 Å². The van der Waals surface area contributed by atoms with Crippen molar-refractivity contribution in [3.05, 3.63) is 22.7 Å². The van der Waals surface area contributed by atoms with Gasteiger partial charge in [0.25, 0.3) is 0 Å². The molecule has 1 fully saturated rings. The van der Waals surface area contributed by atoms with Crippen molar-refractivity contribution in [2.24, 2.45) is 10.8 Å². The fourth-order valence-electron chi connectivity index (χ4n) is 3.40. The van der Waals surface area contributed by atoms with Gasteiger partial charge in [0.15, 0.2) is 17.3 Å². The zero-order valence-corrected chi connectivity index (χ0v) is 15.6. The van der Waals surface area contributed by atoms with Crippen LogP contribution in [0.1, 0.15) is 61.8 Å². The Balaban J connectivity index is 2.80. The van der Waals surface area contributed by atoms with Crippen molar-refractivity contribution in [1.82, 2.24) is 0 Å². The number of ether oxygens (including phenoxy) is 2. The second-order valence-corrected chi connectivity index (χ2v) is 8.81. The Morgan fingerprint density at radius 3 is 1.83 bits per heavy atom. The van der Waals surface area contributed by atoms with Gasteiger partial charge in [-0.1, -0.05) is 41.5 Å². The van der Waals surface area contributed by atoms with E-state index in [0.717, 1.165) is 6.42 Å². The van der Waals surface area contributed by atoms with Gasteiger partial charge in [0.2, 0.25) is 0 Å². The van der Waals surface area contributed by atoms with Crippen LogP contribution in [0.5, 0.6) is 0 Å². The largest absolute Gasteiger partial charge is 0.487 e. The van der Waals surface area contributed by atoms with Crippen LogP contribution in [0.15, 0.2) is 22.7 Å². The number of hydrogen-bond acceptors (Lipinski definition) is 4. The monoisotopic (exact) mass is 322 g/mol. The van der Waals surface area contributed by atoms with Gasteiger partial charge in [-0.3, -0.25) is 4.79 Å². The fraction of sp³-hybridized carbons (Fsp3) is 0.737. The molecule has 23 heavy (non-hydrogen) atoms. The predicted molar refractivity (Wildman–Crippen MR) is 89.7 cm³/mol. The number of aliphatic hydroxyl groups is 1. The lowest BCUT2D eigenvalue weighted by molar-refractivity contribution is -0.124. The van der Waals surface area contributed by atoms with Gasteiger partial charge in [0, 0.05) is 17.6 Å².